The molecule has 15 heavy (non-hydrogen) atoms. The van der Waals surface area contributed by atoms with E-state index in [-0.39, 0.29) is 0 Å². The van der Waals surface area contributed by atoms with E-state index >= 15 is 0 Å². The number of hydrogen-bond acceptors (Lipinski definition) is 2. The zero-order valence-corrected chi connectivity index (χ0v) is 10.2. The van der Waals surface area contributed by atoms with Gasteiger partial charge in [-0.25, -0.2) is 0 Å². The van der Waals surface area contributed by atoms with Crippen LogP contribution in [-0.4, -0.2) is 34.7 Å². The molecule has 86 valence electrons. The van der Waals surface area contributed by atoms with Crippen LogP contribution in [0.4, 0.5) is 0 Å². The molecule has 0 radical (unpaired) electrons. The molecule has 2 nitrogen and oxygen atoms in total. The standard InChI is InChI=1S/C13H23NO/c1-10(2)7-11-8-13(3,15)12-5-4-6-14(12)9-11/h7,10,12,15H,4-6,8-9H2,1-3H3/b11-7-. The van der Waals surface area contributed by atoms with E-state index in [1.54, 1.807) is 0 Å². The monoisotopic (exact) mass is 209 g/mol. The van der Waals surface area contributed by atoms with E-state index < -0.39 is 5.60 Å². The predicted octanol–water partition coefficient (Wildman–Crippen LogP) is 2.19. The third kappa shape index (κ3) is 2.26. The smallest absolute Gasteiger partial charge is 0.0811 e. The first-order valence-corrected chi connectivity index (χ1v) is 6.15. The number of piperidine rings is 1. The summed E-state index contributed by atoms with van der Waals surface area (Å²) in [6.07, 6.45) is 5.60. The van der Waals surface area contributed by atoms with Crippen LogP contribution in [-0.2, 0) is 0 Å². The van der Waals surface area contributed by atoms with Gasteiger partial charge >= 0.3 is 0 Å². The molecular formula is C13H23NO. The maximum Gasteiger partial charge on any atom is 0.0811 e. The lowest BCUT2D eigenvalue weighted by Crippen LogP contribution is -2.52. The second-order valence-corrected chi connectivity index (χ2v) is 5.73. The van der Waals surface area contributed by atoms with E-state index in [4.69, 9.17) is 0 Å². The molecule has 0 bridgehead atoms. The normalized spacial score (nSPS) is 40.1. The van der Waals surface area contributed by atoms with Crippen molar-refractivity contribution in [3.8, 4) is 0 Å². The van der Waals surface area contributed by atoms with Crippen LogP contribution in [0.25, 0.3) is 0 Å². The van der Waals surface area contributed by atoms with Gasteiger partial charge in [0.25, 0.3) is 0 Å². The highest BCUT2D eigenvalue weighted by atomic mass is 16.3. The van der Waals surface area contributed by atoms with Crippen molar-refractivity contribution in [2.24, 2.45) is 5.92 Å². The van der Waals surface area contributed by atoms with Crippen molar-refractivity contribution >= 4 is 0 Å². The summed E-state index contributed by atoms with van der Waals surface area (Å²) in [5.74, 6) is 0.593. The molecule has 0 aromatic heterocycles. The van der Waals surface area contributed by atoms with Crippen molar-refractivity contribution in [2.75, 3.05) is 13.1 Å². The number of nitrogens with zero attached hydrogens (tertiary/aromatic N) is 1. The topological polar surface area (TPSA) is 23.5 Å². The second-order valence-electron chi connectivity index (χ2n) is 5.73. The minimum atomic E-state index is -0.504. The number of allylic oxidation sites excluding steroid dienone is 1. The largest absolute Gasteiger partial charge is 0.388 e. The Morgan fingerprint density at radius 1 is 1.53 bits per heavy atom. The summed E-state index contributed by atoms with van der Waals surface area (Å²) in [6, 6.07) is 0.404. The van der Waals surface area contributed by atoms with Crippen LogP contribution in [0, 0.1) is 5.92 Å². The fourth-order valence-electron chi connectivity index (χ4n) is 3.20. The quantitative estimate of drug-likeness (QED) is 0.669. The molecule has 0 aromatic rings. The summed E-state index contributed by atoms with van der Waals surface area (Å²) >= 11 is 0. The van der Waals surface area contributed by atoms with Gasteiger partial charge in [-0.05, 0) is 38.6 Å². The van der Waals surface area contributed by atoms with Gasteiger partial charge in [-0.1, -0.05) is 25.5 Å². The molecule has 0 amide bonds. The van der Waals surface area contributed by atoms with E-state index in [0.29, 0.717) is 12.0 Å². The second kappa shape index (κ2) is 3.91. The van der Waals surface area contributed by atoms with Crippen LogP contribution in [0.1, 0.15) is 40.0 Å². The molecule has 2 saturated heterocycles. The van der Waals surface area contributed by atoms with Crippen LogP contribution >= 0.6 is 0 Å². The van der Waals surface area contributed by atoms with Crippen molar-refractivity contribution in [1.29, 1.82) is 0 Å². The zero-order chi connectivity index (χ0) is 11.1. The highest BCUT2D eigenvalue weighted by Gasteiger charge is 2.43. The first-order valence-electron chi connectivity index (χ1n) is 6.15. The summed E-state index contributed by atoms with van der Waals surface area (Å²) in [5.41, 5.74) is 0.920. The fourth-order valence-corrected chi connectivity index (χ4v) is 3.20. The van der Waals surface area contributed by atoms with Crippen LogP contribution in [0.15, 0.2) is 11.6 Å². The molecule has 2 aliphatic rings. The van der Waals surface area contributed by atoms with Crippen LogP contribution in [0.2, 0.25) is 0 Å². The predicted molar refractivity (Wildman–Crippen MR) is 62.8 cm³/mol. The molecule has 2 heteroatoms. The Hall–Kier alpha value is -0.340. The Morgan fingerprint density at radius 3 is 2.93 bits per heavy atom. The van der Waals surface area contributed by atoms with Gasteiger partial charge in [0, 0.05) is 12.6 Å². The summed E-state index contributed by atoms with van der Waals surface area (Å²) in [4.78, 5) is 2.46. The first-order chi connectivity index (χ1) is 6.99. The van der Waals surface area contributed by atoms with Crippen molar-refractivity contribution in [1.82, 2.24) is 4.90 Å². The lowest BCUT2D eigenvalue weighted by atomic mass is 9.83. The van der Waals surface area contributed by atoms with Crippen LogP contribution in [0.3, 0.4) is 0 Å². The minimum Gasteiger partial charge on any atom is -0.388 e. The molecule has 2 heterocycles. The molecule has 0 aliphatic carbocycles. The molecular weight excluding hydrogens is 186 g/mol. The number of hydrogen-bond donors (Lipinski definition) is 1. The first kappa shape index (κ1) is 11.2. The van der Waals surface area contributed by atoms with E-state index in [0.717, 1.165) is 19.5 Å². The van der Waals surface area contributed by atoms with Gasteiger partial charge in [0.15, 0.2) is 0 Å². The average molecular weight is 209 g/mol. The molecule has 2 atom stereocenters. The summed E-state index contributed by atoms with van der Waals surface area (Å²) < 4.78 is 0. The van der Waals surface area contributed by atoms with Gasteiger partial charge in [0.05, 0.1) is 5.60 Å². The third-order valence-corrected chi connectivity index (χ3v) is 3.64. The van der Waals surface area contributed by atoms with Crippen molar-refractivity contribution < 1.29 is 5.11 Å². The van der Waals surface area contributed by atoms with E-state index in [1.165, 1.54) is 18.4 Å². The summed E-state index contributed by atoms with van der Waals surface area (Å²) in [5, 5.41) is 10.4. The molecule has 0 saturated carbocycles. The molecule has 2 rings (SSSR count). The molecule has 0 aromatic carbocycles. The van der Waals surface area contributed by atoms with E-state index in [1.807, 2.05) is 6.92 Å². The van der Waals surface area contributed by atoms with Gasteiger partial charge in [-0.15, -0.1) is 0 Å². The van der Waals surface area contributed by atoms with Crippen molar-refractivity contribution in [3.63, 3.8) is 0 Å². The van der Waals surface area contributed by atoms with Gasteiger partial charge in [0.1, 0.15) is 0 Å². The fraction of sp³-hybridized carbons (Fsp3) is 0.846. The lowest BCUT2D eigenvalue weighted by molar-refractivity contribution is -0.0330. The molecule has 1 N–H and O–H groups in total. The Kier molecular flexibility index (Phi) is 2.91. The molecule has 0 spiro atoms. The van der Waals surface area contributed by atoms with Crippen LogP contribution in [0.5, 0.6) is 0 Å². The van der Waals surface area contributed by atoms with Gasteiger partial charge < -0.3 is 5.11 Å². The highest BCUT2D eigenvalue weighted by molar-refractivity contribution is 5.17. The Balaban J connectivity index is 2.16. The Labute approximate surface area is 93.0 Å². The third-order valence-electron chi connectivity index (χ3n) is 3.64. The summed E-state index contributed by atoms with van der Waals surface area (Å²) in [6.45, 7) is 8.66. The van der Waals surface area contributed by atoms with Crippen LogP contribution < -0.4 is 0 Å². The Morgan fingerprint density at radius 2 is 2.27 bits per heavy atom. The maximum absolute atomic E-state index is 10.4. The highest BCUT2D eigenvalue weighted by Crippen LogP contribution is 2.36. The number of fused-ring (bicyclic) bond motifs is 1. The zero-order valence-electron chi connectivity index (χ0n) is 10.2. The SMILES string of the molecule is CC(C)/C=C1\CN2CCCC2C(C)(O)C1. The average Bonchev–Trinajstić information content (AvgIpc) is 2.49. The van der Waals surface area contributed by atoms with Crippen molar-refractivity contribution in [2.45, 2.75) is 51.7 Å². The maximum atomic E-state index is 10.4. The van der Waals surface area contributed by atoms with Crippen molar-refractivity contribution in [3.05, 3.63) is 11.6 Å². The molecule has 2 fully saturated rings. The molecule has 2 aliphatic heterocycles. The lowest BCUT2D eigenvalue weighted by Gasteiger charge is -2.42. The van der Waals surface area contributed by atoms with E-state index in [9.17, 15) is 5.11 Å². The molecule has 2 unspecified atom stereocenters. The van der Waals surface area contributed by atoms with E-state index in [2.05, 4.69) is 24.8 Å². The van der Waals surface area contributed by atoms with Gasteiger partial charge in [-0.2, -0.15) is 0 Å². The minimum absolute atomic E-state index is 0.404. The Bertz CT molecular complexity index is 268. The number of aliphatic hydroxyl groups is 1. The van der Waals surface area contributed by atoms with Gasteiger partial charge in [0.2, 0.25) is 0 Å². The summed E-state index contributed by atoms with van der Waals surface area (Å²) in [7, 11) is 0. The van der Waals surface area contributed by atoms with Gasteiger partial charge in [-0.3, -0.25) is 4.90 Å². The number of rotatable bonds is 1.